The van der Waals surface area contributed by atoms with Gasteiger partial charge in [-0.05, 0) is 257 Å². The highest BCUT2D eigenvalue weighted by Crippen LogP contribution is 2.38. The second kappa shape index (κ2) is 41.0. The lowest BCUT2D eigenvalue weighted by molar-refractivity contribution is -0.629. The molecule has 0 bridgehead atoms. The van der Waals surface area contributed by atoms with Gasteiger partial charge in [0, 0.05) is 143 Å². The topological polar surface area (TPSA) is 153 Å². The van der Waals surface area contributed by atoms with Crippen molar-refractivity contribution < 1.29 is 8.96 Å². The van der Waals surface area contributed by atoms with Crippen LogP contribution in [0.4, 0.5) is 38.6 Å². The van der Waals surface area contributed by atoms with E-state index < -0.39 is 0 Å². The van der Waals surface area contributed by atoms with Gasteiger partial charge in [-0.3, -0.25) is 0 Å². The molecule has 0 amide bonds. The molecule has 640 valence electrons. The Hall–Kier alpha value is -13.9. The van der Waals surface area contributed by atoms with Crippen molar-refractivity contribution in [1.82, 2.24) is 39.3 Å². The largest absolute Gasteiger partial charge is 0.388 e. The summed E-state index contributed by atoms with van der Waals surface area (Å²) in [6.07, 6.45) is 6.03. The summed E-state index contributed by atoms with van der Waals surface area (Å²) >= 11 is 8.63. The number of imidazole rings is 1. The predicted molar refractivity (Wildman–Crippen MR) is 549 cm³/mol. The normalized spacial score (nSPS) is 10.8. The molecular weight excluding hydrogens is 1670 g/mol. The lowest BCUT2D eigenvalue weighted by Gasteiger charge is -2.12. The van der Waals surface area contributed by atoms with Crippen molar-refractivity contribution in [2.45, 2.75) is 41.5 Å². The molecule has 0 unspecified atom stereocenters. The van der Waals surface area contributed by atoms with E-state index in [0.29, 0.717) is 5.69 Å². The fourth-order valence-electron chi connectivity index (χ4n) is 14.1. The maximum atomic E-state index is 13.8. The molecule has 21 rings (SSSR count). The van der Waals surface area contributed by atoms with Gasteiger partial charge in [0.15, 0.2) is 0 Å². The zero-order chi connectivity index (χ0) is 89.5. The standard InChI is InChI=1S/C17H19N2S.C16H17N3.C16H13N.C15H13FN2S.C15H14N2S.C14H13N3S.C14H12N2S/c1-12-5-10-15-16(11-12)20-17(19(15)4)13-6-8-14(9-7-13)18(2)3;1-12-4-9-16-17-15(11-19(16)10-12)13-5-7-14(8-6-13)18(2)3;1-12-6-8-14(9-7-12)16-11-10-13-4-2-3-5-15(13)17-16;1-9-3-5-13-14(7-9)19-15(18-13)10-4-6-12(17-2)11(16)8-10;1-10-3-8-13-14(9-10)18-15(17-13)11-4-6-12(16-2)7-5-11;1-9-3-5-11-12(7-9)18-14(17-11)10-4-6-13(15-2)16-8-10;1-15-11-8-6-10(7-9-11)14-16-12-4-2-3-5-13(12)17-14/h5-11H,1-4H3;4-11H,1-3H3;2-11H,1H3;3-8,17H,1-2H3;3-9,16H,1-2H3;3-8H,1-2H3,(H,15,16);2-9,15H,1H3/q+1;;;;;;. The molecule has 0 spiro atoms. The number of nitrogens with one attached hydrogen (secondary N) is 4. The van der Waals surface area contributed by atoms with E-state index in [1.54, 1.807) is 58.5 Å². The average molecular weight is 1780 g/mol. The van der Waals surface area contributed by atoms with Gasteiger partial charge < -0.3 is 35.5 Å². The molecule has 0 fully saturated rings. The van der Waals surface area contributed by atoms with Crippen LogP contribution < -0.4 is 35.6 Å². The second-order valence-corrected chi connectivity index (χ2v) is 36.6. The van der Waals surface area contributed by atoms with Crippen LogP contribution in [0.5, 0.6) is 0 Å². The van der Waals surface area contributed by atoms with Crippen LogP contribution in [0.15, 0.2) is 316 Å². The Morgan fingerprint density at radius 3 is 1.29 bits per heavy atom. The summed E-state index contributed by atoms with van der Waals surface area (Å²) < 4.78 is 24.3. The third-order valence-electron chi connectivity index (χ3n) is 21.4. The van der Waals surface area contributed by atoms with Gasteiger partial charge >= 0.3 is 0 Å². The van der Waals surface area contributed by atoms with E-state index in [4.69, 9.17) is 0 Å². The quantitative estimate of drug-likeness (QED) is 0.0811. The van der Waals surface area contributed by atoms with Crippen molar-refractivity contribution in [2.24, 2.45) is 7.05 Å². The van der Waals surface area contributed by atoms with Gasteiger partial charge in [-0.2, -0.15) is 4.57 Å². The molecular formula is C107H101FN15S5+. The number of benzene rings is 12. The molecule has 0 saturated carbocycles. The van der Waals surface area contributed by atoms with Crippen molar-refractivity contribution in [2.75, 3.05) is 87.4 Å². The summed E-state index contributed by atoms with van der Waals surface area (Å²) in [6, 6.07) is 102. The van der Waals surface area contributed by atoms with Gasteiger partial charge in [0.25, 0.3) is 5.01 Å². The molecule has 0 aliphatic heterocycles. The fourth-order valence-corrected chi connectivity index (χ4v) is 19.5. The van der Waals surface area contributed by atoms with Crippen molar-refractivity contribution in [3.8, 4) is 75.4 Å². The highest BCUT2D eigenvalue weighted by atomic mass is 32.1. The number of anilines is 6. The van der Waals surface area contributed by atoms with Crippen LogP contribution in [-0.2, 0) is 7.05 Å². The van der Waals surface area contributed by atoms with E-state index in [9.17, 15) is 4.39 Å². The number of pyridine rings is 3. The SMILES string of the molecule is CNc1ccc(-c2nc3ccc(C)cc3s2)cc1.CNc1ccc(-c2nc3ccc(C)cc3s2)cc1F.CNc1ccc(-c2nc3ccc(C)cc3s2)cn1.CNc1ccc(-c2nc3ccccc3s2)cc1.Cc1ccc(-c2ccc3ccccc3n2)cc1.Cc1ccc2c(c1)sc(-c1ccc(N(C)C)cc1)[n+]2C.Cc1ccc2nc(-c3ccc(N(C)C)cc3)cn2c1. The maximum Gasteiger partial charge on any atom is 0.269 e. The van der Waals surface area contributed by atoms with E-state index in [1.807, 2.05) is 120 Å². The molecule has 21 heteroatoms. The van der Waals surface area contributed by atoms with Crippen LogP contribution in [0.1, 0.15) is 33.4 Å². The van der Waals surface area contributed by atoms with Gasteiger partial charge in [-0.1, -0.05) is 120 Å². The zero-order valence-corrected chi connectivity index (χ0v) is 78.4. The van der Waals surface area contributed by atoms with Gasteiger partial charge in [0.1, 0.15) is 49.1 Å². The summed E-state index contributed by atoms with van der Waals surface area (Å²) in [4.78, 5) is 36.4. The van der Waals surface area contributed by atoms with Crippen molar-refractivity contribution in [1.29, 1.82) is 0 Å². The summed E-state index contributed by atoms with van der Waals surface area (Å²) in [5.74, 6) is 0.617. The minimum atomic E-state index is -0.254. The summed E-state index contributed by atoms with van der Waals surface area (Å²) in [5, 5.41) is 18.6. The smallest absolute Gasteiger partial charge is 0.269 e. The van der Waals surface area contributed by atoms with E-state index in [1.165, 1.54) is 108 Å². The van der Waals surface area contributed by atoms with Crippen LogP contribution >= 0.6 is 56.7 Å². The Labute approximate surface area is 767 Å². The Morgan fingerprint density at radius 2 is 0.773 bits per heavy atom. The van der Waals surface area contributed by atoms with Crippen molar-refractivity contribution in [3.05, 3.63) is 355 Å². The molecule has 0 aliphatic rings. The minimum Gasteiger partial charge on any atom is -0.388 e. The molecule has 9 heterocycles. The molecule has 12 aromatic carbocycles. The Balaban J connectivity index is 0.000000115. The Kier molecular flexibility index (Phi) is 28.5. The van der Waals surface area contributed by atoms with Crippen molar-refractivity contribution in [3.63, 3.8) is 0 Å². The van der Waals surface area contributed by atoms with Crippen LogP contribution in [0.25, 0.3) is 143 Å². The van der Waals surface area contributed by atoms with Gasteiger partial charge in [-0.15, -0.1) is 45.3 Å². The number of hydrogen-bond donors (Lipinski definition) is 4. The minimum absolute atomic E-state index is 0.254. The second-order valence-electron chi connectivity index (χ2n) is 31.4. The summed E-state index contributed by atoms with van der Waals surface area (Å²) in [7, 11) is 17.8. The number of nitrogens with zero attached hydrogens (tertiary/aromatic N) is 11. The molecule has 128 heavy (non-hydrogen) atoms. The van der Waals surface area contributed by atoms with Crippen LogP contribution in [-0.4, -0.2) is 95.7 Å². The molecule has 0 aliphatic carbocycles. The number of thiazole rings is 5. The first kappa shape index (κ1) is 88.9. The Morgan fingerprint density at radius 1 is 0.328 bits per heavy atom. The molecule has 0 atom stereocenters. The van der Waals surface area contributed by atoms with Gasteiger partial charge in [0.05, 0.1) is 69.0 Å². The van der Waals surface area contributed by atoms with E-state index in [0.717, 1.165) is 103 Å². The van der Waals surface area contributed by atoms with Crippen LogP contribution in [0, 0.1) is 47.4 Å². The molecule has 0 saturated heterocycles. The molecule has 9 aromatic heterocycles. The Bertz CT molecular complexity index is 7180. The van der Waals surface area contributed by atoms with Gasteiger partial charge in [0.2, 0.25) is 5.52 Å². The number of para-hydroxylation sites is 2. The third kappa shape index (κ3) is 21.9. The lowest BCUT2D eigenvalue weighted by Crippen LogP contribution is -2.28. The highest BCUT2D eigenvalue weighted by molar-refractivity contribution is 7.23. The number of hydrogen-bond acceptors (Lipinski definition) is 18. The van der Waals surface area contributed by atoms with Crippen LogP contribution in [0.2, 0.25) is 0 Å². The number of aromatic nitrogens is 9. The molecule has 0 radical (unpaired) electrons. The van der Waals surface area contributed by atoms with Gasteiger partial charge in [-0.25, -0.2) is 39.3 Å². The first-order chi connectivity index (χ1) is 62.1. The monoisotopic (exact) mass is 1770 g/mol. The summed E-state index contributed by atoms with van der Waals surface area (Å²) in [5.41, 5.74) is 30.1. The van der Waals surface area contributed by atoms with E-state index in [2.05, 4.69) is 368 Å². The number of fused-ring (bicyclic) bond motifs is 7. The fraction of sp³-hybridized carbons (Fsp3) is 0.140. The lowest BCUT2D eigenvalue weighted by atomic mass is 10.1. The van der Waals surface area contributed by atoms with Crippen molar-refractivity contribution >= 4 is 159 Å². The highest BCUT2D eigenvalue weighted by Gasteiger charge is 2.20. The maximum absolute atomic E-state index is 13.8. The zero-order valence-electron chi connectivity index (χ0n) is 74.4. The average Bonchev–Trinajstić information content (AvgIpc) is 1.63. The third-order valence-corrected chi connectivity index (χ3v) is 26.9. The molecule has 21 aromatic rings. The van der Waals surface area contributed by atoms with Crippen LogP contribution in [0.3, 0.4) is 0 Å². The summed E-state index contributed by atoms with van der Waals surface area (Å²) in [6.45, 7) is 12.6. The number of rotatable bonds is 13. The predicted octanol–water partition coefficient (Wildman–Crippen LogP) is 27.8. The first-order valence-electron chi connectivity index (χ1n) is 42.1. The number of halogens is 1. The number of aryl methyl sites for hydroxylation is 7. The molecule has 4 N–H and O–H groups in total. The van der Waals surface area contributed by atoms with E-state index >= 15 is 0 Å². The van der Waals surface area contributed by atoms with E-state index in [-0.39, 0.29) is 5.82 Å². The first-order valence-corrected chi connectivity index (χ1v) is 46.1. The molecule has 15 nitrogen and oxygen atoms in total.